The van der Waals surface area contributed by atoms with Gasteiger partial charge in [0.25, 0.3) is 0 Å². The molecule has 0 spiro atoms. The molecule has 0 radical (unpaired) electrons. The zero-order chi connectivity index (χ0) is 16.3. The van der Waals surface area contributed by atoms with Gasteiger partial charge in [0, 0.05) is 18.8 Å². The molecule has 0 aromatic heterocycles. The third-order valence-electron chi connectivity index (χ3n) is 4.30. The molecular formula is C18H28N2O2. The molecule has 0 aliphatic carbocycles. The average Bonchev–Trinajstić information content (AvgIpc) is 2.47. The van der Waals surface area contributed by atoms with Gasteiger partial charge in [0.2, 0.25) is 0 Å². The van der Waals surface area contributed by atoms with Crippen molar-refractivity contribution in [1.82, 2.24) is 5.06 Å². The number of aryl methyl sites for hydroxylation is 1. The molecule has 2 rings (SSSR count). The lowest BCUT2D eigenvalue weighted by Gasteiger charge is -2.32. The number of nitrogens with zero attached hydrogens (tertiary/aromatic N) is 1. The van der Waals surface area contributed by atoms with Crippen LogP contribution in [-0.2, 0) is 16.1 Å². The molecule has 0 unspecified atom stereocenters. The third kappa shape index (κ3) is 4.01. The summed E-state index contributed by atoms with van der Waals surface area (Å²) >= 11 is 0. The normalized spacial score (nSPS) is 17.5. The molecule has 4 heteroatoms. The Morgan fingerprint density at radius 2 is 1.95 bits per heavy atom. The number of hydrogen-bond donors (Lipinski definition) is 1. The Labute approximate surface area is 133 Å². The van der Waals surface area contributed by atoms with Crippen molar-refractivity contribution < 1.29 is 9.63 Å². The SMILES string of the molecule is CCc1cc(C2CCN(OC(=O)C(C)(C)C)CC2)ccc1N. The first-order valence-corrected chi connectivity index (χ1v) is 8.17. The summed E-state index contributed by atoms with van der Waals surface area (Å²) in [6.07, 6.45) is 2.97. The van der Waals surface area contributed by atoms with Crippen molar-refractivity contribution in [2.24, 2.45) is 5.41 Å². The van der Waals surface area contributed by atoms with E-state index in [4.69, 9.17) is 10.6 Å². The molecule has 1 aromatic rings. The summed E-state index contributed by atoms with van der Waals surface area (Å²) in [5, 5.41) is 1.81. The number of nitrogens with two attached hydrogens (primary N) is 1. The molecule has 1 aliphatic rings. The van der Waals surface area contributed by atoms with Gasteiger partial charge in [-0.2, -0.15) is 0 Å². The lowest BCUT2D eigenvalue weighted by Crippen LogP contribution is -2.38. The summed E-state index contributed by atoms with van der Waals surface area (Å²) in [6, 6.07) is 6.38. The summed E-state index contributed by atoms with van der Waals surface area (Å²) in [5.74, 6) is 0.363. The molecular weight excluding hydrogens is 276 g/mol. The largest absolute Gasteiger partial charge is 0.399 e. The lowest BCUT2D eigenvalue weighted by atomic mass is 9.88. The van der Waals surface area contributed by atoms with E-state index in [0.717, 1.165) is 38.0 Å². The van der Waals surface area contributed by atoms with Crippen LogP contribution in [0, 0.1) is 5.41 Å². The highest BCUT2D eigenvalue weighted by Gasteiger charge is 2.28. The Balaban J connectivity index is 1.93. The van der Waals surface area contributed by atoms with E-state index in [1.165, 1.54) is 11.1 Å². The highest BCUT2D eigenvalue weighted by atomic mass is 16.7. The van der Waals surface area contributed by atoms with E-state index in [2.05, 4.69) is 19.1 Å². The maximum absolute atomic E-state index is 11.9. The number of piperidine rings is 1. The lowest BCUT2D eigenvalue weighted by molar-refractivity contribution is -0.204. The molecule has 1 aromatic carbocycles. The predicted octanol–water partition coefficient (Wildman–Crippen LogP) is 3.51. The Kier molecular flexibility index (Phi) is 5.12. The average molecular weight is 304 g/mol. The summed E-state index contributed by atoms with van der Waals surface area (Å²) in [4.78, 5) is 17.4. The molecule has 1 heterocycles. The summed E-state index contributed by atoms with van der Waals surface area (Å²) in [7, 11) is 0. The van der Waals surface area contributed by atoms with Gasteiger partial charge in [-0.25, -0.2) is 4.79 Å². The van der Waals surface area contributed by atoms with Gasteiger partial charge in [0.1, 0.15) is 0 Å². The van der Waals surface area contributed by atoms with E-state index in [9.17, 15) is 4.79 Å². The standard InChI is InChI=1S/C18H28N2O2/c1-5-13-12-15(6-7-16(13)19)14-8-10-20(11-9-14)22-17(21)18(2,3)4/h6-7,12,14H,5,8-11,19H2,1-4H3. The van der Waals surface area contributed by atoms with Crippen molar-refractivity contribution in [2.45, 2.75) is 52.9 Å². The minimum Gasteiger partial charge on any atom is -0.399 e. The van der Waals surface area contributed by atoms with Crippen molar-refractivity contribution in [3.8, 4) is 0 Å². The Morgan fingerprint density at radius 1 is 1.32 bits per heavy atom. The van der Waals surface area contributed by atoms with Crippen LogP contribution in [0.15, 0.2) is 18.2 Å². The van der Waals surface area contributed by atoms with Crippen molar-refractivity contribution in [3.63, 3.8) is 0 Å². The number of benzene rings is 1. The second-order valence-electron chi connectivity index (χ2n) is 7.14. The minimum absolute atomic E-state index is 0.160. The van der Waals surface area contributed by atoms with Crippen LogP contribution in [0.3, 0.4) is 0 Å². The predicted molar refractivity (Wildman–Crippen MR) is 89.3 cm³/mol. The van der Waals surface area contributed by atoms with Gasteiger partial charge in [-0.05, 0) is 63.1 Å². The first-order chi connectivity index (χ1) is 10.3. The van der Waals surface area contributed by atoms with Crippen LogP contribution in [0.2, 0.25) is 0 Å². The topological polar surface area (TPSA) is 55.6 Å². The van der Waals surface area contributed by atoms with Crippen LogP contribution < -0.4 is 5.73 Å². The van der Waals surface area contributed by atoms with Crippen LogP contribution in [0.1, 0.15) is 57.6 Å². The molecule has 1 aliphatic heterocycles. The smallest absolute Gasteiger partial charge is 0.330 e. The monoisotopic (exact) mass is 304 g/mol. The fraction of sp³-hybridized carbons (Fsp3) is 0.611. The quantitative estimate of drug-likeness (QED) is 0.868. The van der Waals surface area contributed by atoms with Crippen LogP contribution in [0.25, 0.3) is 0 Å². The van der Waals surface area contributed by atoms with Crippen LogP contribution in [0.4, 0.5) is 5.69 Å². The molecule has 0 bridgehead atoms. The molecule has 0 atom stereocenters. The Hall–Kier alpha value is -1.55. The van der Waals surface area contributed by atoms with Gasteiger partial charge in [0.05, 0.1) is 5.41 Å². The first-order valence-electron chi connectivity index (χ1n) is 8.17. The zero-order valence-corrected chi connectivity index (χ0v) is 14.2. The molecule has 1 saturated heterocycles. The number of rotatable bonds is 3. The maximum Gasteiger partial charge on any atom is 0.330 e. The summed E-state index contributed by atoms with van der Waals surface area (Å²) < 4.78 is 0. The summed E-state index contributed by atoms with van der Waals surface area (Å²) in [5.41, 5.74) is 8.98. The van der Waals surface area contributed by atoms with Crippen molar-refractivity contribution in [2.75, 3.05) is 18.8 Å². The van der Waals surface area contributed by atoms with Crippen LogP contribution in [-0.4, -0.2) is 24.1 Å². The molecule has 0 amide bonds. The molecule has 1 fully saturated rings. The second kappa shape index (κ2) is 6.69. The number of nitrogen functional groups attached to an aromatic ring is 1. The highest BCUT2D eigenvalue weighted by Crippen LogP contribution is 2.30. The Morgan fingerprint density at radius 3 is 2.50 bits per heavy atom. The summed E-state index contributed by atoms with van der Waals surface area (Å²) in [6.45, 7) is 9.34. The molecule has 2 N–H and O–H groups in total. The van der Waals surface area contributed by atoms with E-state index in [-0.39, 0.29) is 5.97 Å². The number of hydrogen-bond acceptors (Lipinski definition) is 4. The van der Waals surface area contributed by atoms with Crippen LogP contribution in [0.5, 0.6) is 0 Å². The molecule has 22 heavy (non-hydrogen) atoms. The third-order valence-corrected chi connectivity index (χ3v) is 4.30. The molecule has 122 valence electrons. The number of hydroxylamine groups is 2. The van der Waals surface area contributed by atoms with Gasteiger partial charge in [-0.15, -0.1) is 5.06 Å². The van der Waals surface area contributed by atoms with E-state index in [0.29, 0.717) is 5.92 Å². The fourth-order valence-corrected chi connectivity index (χ4v) is 2.72. The molecule has 4 nitrogen and oxygen atoms in total. The second-order valence-corrected chi connectivity index (χ2v) is 7.14. The van der Waals surface area contributed by atoms with Gasteiger partial charge in [-0.1, -0.05) is 19.1 Å². The molecule has 0 saturated carbocycles. The number of carbonyl (C=O) groups excluding carboxylic acids is 1. The number of carbonyl (C=O) groups is 1. The van der Waals surface area contributed by atoms with Crippen molar-refractivity contribution >= 4 is 11.7 Å². The van der Waals surface area contributed by atoms with Crippen LogP contribution >= 0.6 is 0 Å². The Bertz CT molecular complexity index is 526. The van der Waals surface area contributed by atoms with E-state index >= 15 is 0 Å². The minimum atomic E-state index is -0.455. The van der Waals surface area contributed by atoms with Gasteiger partial charge < -0.3 is 10.6 Å². The van der Waals surface area contributed by atoms with Gasteiger partial charge in [0.15, 0.2) is 0 Å². The fourth-order valence-electron chi connectivity index (χ4n) is 2.72. The van der Waals surface area contributed by atoms with Crippen molar-refractivity contribution in [1.29, 1.82) is 0 Å². The number of anilines is 1. The maximum atomic E-state index is 11.9. The van der Waals surface area contributed by atoms with E-state index < -0.39 is 5.41 Å². The van der Waals surface area contributed by atoms with Gasteiger partial charge >= 0.3 is 5.97 Å². The van der Waals surface area contributed by atoms with E-state index in [1.807, 2.05) is 31.9 Å². The zero-order valence-electron chi connectivity index (χ0n) is 14.2. The first kappa shape index (κ1) is 16.8. The van der Waals surface area contributed by atoms with E-state index in [1.54, 1.807) is 0 Å². The highest BCUT2D eigenvalue weighted by molar-refractivity contribution is 5.75. The van der Waals surface area contributed by atoms with Gasteiger partial charge in [-0.3, -0.25) is 0 Å². The van der Waals surface area contributed by atoms with Crippen molar-refractivity contribution in [3.05, 3.63) is 29.3 Å².